The highest BCUT2D eigenvalue weighted by atomic mass is 15.1. The molecule has 0 aromatic carbocycles. The molecule has 14 heavy (non-hydrogen) atoms. The molecule has 1 aromatic rings. The zero-order valence-corrected chi connectivity index (χ0v) is 8.51. The van der Waals surface area contributed by atoms with E-state index in [2.05, 4.69) is 16.3 Å². The molecule has 0 radical (unpaired) electrons. The second kappa shape index (κ2) is 3.83. The van der Waals surface area contributed by atoms with E-state index in [1.807, 2.05) is 6.92 Å². The zero-order chi connectivity index (χ0) is 9.97. The van der Waals surface area contributed by atoms with Crippen LogP contribution in [0.1, 0.15) is 48.6 Å². The van der Waals surface area contributed by atoms with Crippen LogP contribution in [0.3, 0.4) is 0 Å². The first kappa shape index (κ1) is 9.26. The van der Waals surface area contributed by atoms with E-state index in [4.69, 9.17) is 5.26 Å². The Morgan fingerprint density at radius 1 is 1.57 bits per heavy atom. The Bertz CT molecular complexity index is 355. The number of hydrogen-bond donors (Lipinski definition) is 1. The Morgan fingerprint density at radius 3 is 2.93 bits per heavy atom. The average Bonchev–Trinajstić information content (AvgIpc) is 2.42. The number of hydrogen-bond acceptors (Lipinski definition) is 2. The molecule has 1 fully saturated rings. The number of rotatable bonds is 3. The lowest BCUT2D eigenvalue weighted by Gasteiger charge is -2.24. The number of aromatic nitrogens is 2. The first-order valence-electron chi connectivity index (χ1n) is 5.23. The summed E-state index contributed by atoms with van der Waals surface area (Å²) < 4.78 is 0. The van der Waals surface area contributed by atoms with Crippen LogP contribution in [-0.2, 0) is 6.42 Å². The summed E-state index contributed by atoms with van der Waals surface area (Å²) in [4.78, 5) is 0. The van der Waals surface area contributed by atoms with Crippen molar-refractivity contribution in [2.24, 2.45) is 0 Å². The van der Waals surface area contributed by atoms with Gasteiger partial charge in [0, 0.05) is 18.0 Å². The third kappa shape index (κ3) is 1.52. The molecule has 3 heteroatoms. The molecule has 1 N–H and O–H groups in total. The van der Waals surface area contributed by atoms with Crippen LogP contribution in [0.2, 0.25) is 0 Å². The van der Waals surface area contributed by atoms with Gasteiger partial charge in [0.15, 0.2) is 0 Å². The molecule has 0 amide bonds. The van der Waals surface area contributed by atoms with Gasteiger partial charge in [-0.05, 0) is 31.7 Å². The Hall–Kier alpha value is -1.30. The molecule has 0 bridgehead atoms. The maximum absolute atomic E-state index is 8.58. The largest absolute Gasteiger partial charge is 0.282 e. The highest BCUT2D eigenvalue weighted by molar-refractivity contribution is 5.29. The summed E-state index contributed by atoms with van der Waals surface area (Å²) in [6.45, 7) is 2.04. The fourth-order valence-corrected chi connectivity index (χ4v) is 1.99. The van der Waals surface area contributed by atoms with Crippen molar-refractivity contribution in [1.82, 2.24) is 10.2 Å². The van der Waals surface area contributed by atoms with Crippen LogP contribution >= 0.6 is 0 Å². The molecule has 0 aliphatic heterocycles. The fourth-order valence-electron chi connectivity index (χ4n) is 1.99. The molecule has 0 unspecified atom stereocenters. The highest BCUT2D eigenvalue weighted by Gasteiger charge is 2.25. The molecular weight excluding hydrogens is 174 g/mol. The third-order valence-electron chi connectivity index (χ3n) is 3.08. The summed E-state index contributed by atoms with van der Waals surface area (Å²) in [6, 6.07) is 2.19. The lowest BCUT2D eigenvalue weighted by Crippen LogP contribution is -2.11. The fraction of sp³-hybridized carbons (Fsp3) is 0.636. The Morgan fingerprint density at radius 2 is 2.36 bits per heavy atom. The summed E-state index contributed by atoms with van der Waals surface area (Å²) in [5.41, 5.74) is 3.66. The van der Waals surface area contributed by atoms with Crippen LogP contribution < -0.4 is 0 Å². The molecule has 0 spiro atoms. The van der Waals surface area contributed by atoms with Crippen molar-refractivity contribution >= 4 is 0 Å². The Labute approximate surface area is 84.1 Å². The first-order chi connectivity index (χ1) is 6.83. The maximum atomic E-state index is 8.58. The van der Waals surface area contributed by atoms with Crippen molar-refractivity contribution in [3.05, 3.63) is 17.0 Å². The van der Waals surface area contributed by atoms with Crippen LogP contribution in [0.4, 0.5) is 0 Å². The molecule has 1 heterocycles. The van der Waals surface area contributed by atoms with Gasteiger partial charge in [-0.1, -0.05) is 6.42 Å². The molecule has 2 rings (SSSR count). The lowest BCUT2D eigenvalue weighted by atomic mass is 9.81. The molecule has 0 atom stereocenters. The number of nitrogens with one attached hydrogen (secondary N) is 1. The van der Waals surface area contributed by atoms with E-state index in [9.17, 15) is 0 Å². The SMILES string of the molecule is Cc1[nH]nc(C2CCC2)c1CCC#N. The summed E-state index contributed by atoms with van der Waals surface area (Å²) in [5, 5.41) is 16.0. The van der Waals surface area contributed by atoms with Gasteiger partial charge in [0.2, 0.25) is 0 Å². The van der Waals surface area contributed by atoms with Crippen LogP contribution in [0.25, 0.3) is 0 Å². The van der Waals surface area contributed by atoms with E-state index >= 15 is 0 Å². The van der Waals surface area contributed by atoms with Crippen molar-refractivity contribution in [2.45, 2.75) is 44.9 Å². The van der Waals surface area contributed by atoms with Crippen molar-refractivity contribution in [2.75, 3.05) is 0 Å². The van der Waals surface area contributed by atoms with E-state index in [1.54, 1.807) is 0 Å². The first-order valence-corrected chi connectivity index (χ1v) is 5.23. The molecule has 1 aliphatic rings. The quantitative estimate of drug-likeness (QED) is 0.794. The van der Waals surface area contributed by atoms with Gasteiger partial charge < -0.3 is 0 Å². The second-order valence-electron chi connectivity index (χ2n) is 4.00. The van der Waals surface area contributed by atoms with Crippen LogP contribution in [-0.4, -0.2) is 10.2 Å². The number of aryl methyl sites for hydroxylation is 1. The molecule has 1 aromatic heterocycles. The van der Waals surface area contributed by atoms with Gasteiger partial charge >= 0.3 is 0 Å². The standard InChI is InChI=1S/C11H15N3/c1-8-10(6-3-7-12)11(14-13-8)9-4-2-5-9/h9H,2-6H2,1H3,(H,13,14). The van der Waals surface area contributed by atoms with E-state index in [1.165, 1.54) is 30.5 Å². The number of H-pyrrole nitrogens is 1. The monoisotopic (exact) mass is 189 g/mol. The number of aromatic amines is 1. The van der Waals surface area contributed by atoms with Crippen LogP contribution in [0, 0.1) is 18.3 Å². The summed E-state index contributed by atoms with van der Waals surface area (Å²) in [5.74, 6) is 0.661. The minimum atomic E-state index is 0.597. The van der Waals surface area contributed by atoms with Gasteiger partial charge in [-0.3, -0.25) is 5.10 Å². The van der Waals surface area contributed by atoms with Crippen LogP contribution in [0.15, 0.2) is 0 Å². The summed E-state index contributed by atoms with van der Waals surface area (Å²) >= 11 is 0. The molecular formula is C11H15N3. The predicted octanol–water partition coefficient (Wildman–Crippen LogP) is 2.44. The smallest absolute Gasteiger partial charge is 0.0688 e. The van der Waals surface area contributed by atoms with Gasteiger partial charge in [-0.15, -0.1) is 0 Å². The van der Waals surface area contributed by atoms with Crippen molar-refractivity contribution in [3.8, 4) is 6.07 Å². The van der Waals surface area contributed by atoms with Crippen LogP contribution in [0.5, 0.6) is 0 Å². The average molecular weight is 189 g/mol. The van der Waals surface area contributed by atoms with Gasteiger partial charge in [-0.25, -0.2) is 0 Å². The van der Waals surface area contributed by atoms with Crippen molar-refractivity contribution < 1.29 is 0 Å². The topological polar surface area (TPSA) is 52.5 Å². The normalized spacial score (nSPS) is 16.3. The minimum Gasteiger partial charge on any atom is -0.282 e. The third-order valence-corrected chi connectivity index (χ3v) is 3.08. The van der Waals surface area contributed by atoms with Crippen molar-refractivity contribution in [3.63, 3.8) is 0 Å². The van der Waals surface area contributed by atoms with Gasteiger partial charge in [0.05, 0.1) is 11.8 Å². The molecule has 3 nitrogen and oxygen atoms in total. The van der Waals surface area contributed by atoms with E-state index in [0.29, 0.717) is 12.3 Å². The number of nitrogens with zero attached hydrogens (tertiary/aromatic N) is 2. The zero-order valence-electron chi connectivity index (χ0n) is 8.51. The summed E-state index contributed by atoms with van der Waals surface area (Å²) in [6.07, 6.45) is 5.31. The summed E-state index contributed by atoms with van der Waals surface area (Å²) in [7, 11) is 0. The lowest BCUT2D eigenvalue weighted by molar-refractivity contribution is 0.408. The van der Waals surface area contributed by atoms with Gasteiger partial charge in [0.1, 0.15) is 0 Å². The van der Waals surface area contributed by atoms with Crippen molar-refractivity contribution in [1.29, 1.82) is 5.26 Å². The second-order valence-corrected chi connectivity index (χ2v) is 4.00. The van der Waals surface area contributed by atoms with Gasteiger partial charge in [-0.2, -0.15) is 10.4 Å². The maximum Gasteiger partial charge on any atom is 0.0688 e. The van der Waals surface area contributed by atoms with Gasteiger partial charge in [0.25, 0.3) is 0 Å². The predicted molar refractivity (Wildman–Crippen MR) is 53.9 cm³/mol. The Balaban J connectivity index is 2.17. The highest BCUT2D eigenvalue weighted by Crippen LogP contribution is 2.37. The minimum absolute atomic E-state index is 0.597. The molecule has 1 aliphatic carbocycles. The molecule has 1 saturated carbocycles. The van der Waals surface area contributed by atoms with E-state index in [-0.39, 0.29) is 0 Å². The number of nitriles is 1. The molecule has 0 saturated heterocycles. The van der Waals surface area contributed by atoms with E-state index in [0.717, 1.165) is 12.1 Å². The Kier molecular flexibility index (Phi) is 2.53. The van der Waals surface area contributed by atoms with E-state index < -0.39 is 0 Å². The molecule has 74 valence electrons.